The monoisotopic (exact) mass is 373 g/mol. The van der Waals surface area contributed by atoms with Crippen molar-refractivity contribution in [1.29, 1.82) is 0 Å². The molecule has 0 aliphatic heterocycles. The van der Waals surface area contributed by atoms with Crippen LogP contribution >= 0.6 is 46.7 Å². The van der Waals surface area contributed by atoms with Crippen molar-refractivity contribution in [2.24, 2.45) is 5.73 Å². The van der Waals surface area contributed by atoms with Crippen LogP contribution in [0.5, 0.6) is 0 Å². The summed E-state index contributed by atoms with van der Waals surface area (Å²) in [4.78, 5) is 6.92. The number of rotatable bonds is 4. The summed E-state index contributed by atoms with van der Waals surface area (Å²) in [5.41, 5.74) is 9.16. The zero-order valence-electron chi connectivity index (χ0n) is 12.2. The predicted molar refractivity (Wildman–Crippen MR) is 101 cm³/mol. The van der Waals surface area contributed by atoms with E-state index in [4.69, 9.17) is 17.3 Å². The van der Waals surface area contributed by atoms with Crippen LogP contribution in [0.1, 0.15) is 28.3 Å². The van der Waals surface area contributed by atoms with E-state index in [9.17, 15) is 0 Å². The van der Waals surface area contributed by atoms with Crippen LogP contribution in [0.3, 0.4) is 0 Å². The minimum absolute atomic E-state index is 0. The van der Waals surface area contributed by atoms with Gasteiger partial charge in [-0.2, -0.15) is 0 Å². The summed E-state index contributed by atoms with van der Waals surface area (Å²) in [6, 6.07) is 6.07. The number of aryl methyl sites for hydroxylation is 1. The molecule has 3 aromatic heterocycles. The minimum Gasteiger partial charge on any atom is -0.379 e. The number of nitrogens with zero attached hydrogens (tertiary/aromatic N) is 1. The van der Waals surface area contributed by atoms with Crippen LogP contribution in [-0.4, -0.2) is 4.98 Å². The predicted octanol–water partition coefficient (Wildman–Crippen LogP) is 5.37. The van der Waals surface area contributed by atoms with Gasteiger partial charge in [-0.3, -0.25) is 0 Å². The van der Waals surface area contributed by atoms with E-state index >= 15 is 0 Å². The summed E-state index contributed by atoms with van der Waals surface area (Å²) in [6.45, 7) is 4.85. The fourth-order valence-corrected chi connectivity index (χ4v) is 4.35. The second kappa shape index (κ2) is 7.15. The molecule has 1 atom stereocenters. The number of nitrogens with one attached hydrogen (secondary N) is 1. The van der Waals surface area contributed by atoms with Gasteiger partial charge in [0.2, 0.25) is 0 Å². The van der Waals surface area contributed by atoms with Gasteiger partial charge in [-0.15, -0.1) is 35.1 Å². The Labute approximate surface area is 148 Å². The van der Waals surface area contributed by atoms with Gasteiger partial charge in [-0.05, 0) is 30.9 Å². The number of pyridine rings is 1. The number of hydrogen-bond acceptors (Lipinski definition) is 5. The van der Waals surface area contributed by atoms with Crippen LogP contribution in [-0.2, 0) is 6.54 Å². The highest BCUT2D eigenvalue weighted by Crippen LogP contribution is 2.38. The van der Waals surface area contributed by atoms with Gasteiger partial charge < -0.3 is 11.1 Å². The fraction of sp³-hybridized carbons (Fsp3) is 0.267. The standard InChI is InChI=1S/C15H16ClN3S2.ClH/c1-8-13-15(21-14(8)9(2)17)11(6-12(16)19-13)18-7-10-4-3-5-20-10;/h3-6,9H,7,17H2,1-2H3,(H,18,19);1H/t9-;/m1./s1. The first-order valence-corrected chi connectivity index (χ1v) is 8.75. The zero-order valence-corrected chi connectivity index (χ0v) is 15.4. The van der Waals surface area contributed by atoms with Crippen LogP contribution < -0.4 is 11.1 Å². The summed E-state index contributed by atoms with van der Waals surface area (Å²) in [5, 5.41) is 6.05. The lowest BCUT2D eigenvalue weighted by Crippen LogP contribution is -2.03. The third-order valence-corrected chi connectivity index (χ3v) is 5.91. The van der Waals surface area contributed by atoms with Gasteiger partial charge in [0.05, 0.1) is 15.9 Å². The van der Waals surface area contributed by atoms with Gasteiger partial charge in [0.15, 0.2) is 0 Å². The average Bonchev–Trinajstić information content (AvgIpc) is 3.05. The highest BCUT2D eigenvalue weighted by molar-refractivity contribution is 7.20. The molecule has 7 heteroatoms. The SMILES string of the molecule is Cc1c([C@@H](C)N)sc2c(NCc3cccs3)cc(Cl)nc12.Cl. The normalized spacial score (nSPS) is 12.2. The molecule has 0 saturated carbocycles. The molecular formula is C15H17Cl2N3S2. The Morgan fingerprint density at radius 1 is 1.45 bits per heavy atom. The maximum Gasteiger partial charge on any atom is 0.131 e. The van der Waals surface area contributed by atoms with E-state index in [-0.39, 0.29) is 18.4 Å². The first-order valence-electron chi connectivity index (χ1n) is 6.67. The van der Waals surface area contributed by atoms with Crippen molar-refractivity contribution in [2.45, 2.75) is 26.4 Å². The molecule has 3 heterocycles. The second-order valence-corrected chi connectivity index (χ2v) is 7.45. The molecular weight excluding hydrogens is 357 g/mol. The summed E-state index contributed by atoms with van der Waals surface area (Å²) in [6.07, 6.45) is 0. The molecule has 0 saturated heterocycles. The van der Waals surface area contributed by atoms with Crippen LogP contribution in [0, 0.1) is 6.92 Å². The molecule has 3 N–H and O–H groups in total. The summed E-state index contributed by atoms with van der Waals surface area (Å²) in [5.74, 6) is 0. The van der Waals surface area contributed by atoms with Crippen molar-refractivity contribution in [3.63, 3.8) is 0 Å². The third-order valence-electron chi connectivity index (χ3n) is 3.33. The smallest absolute Gasteiger partial charge is 0.131 e. The van der Waals surface area contributed by atoms with E-state index in [1.807, 2.05) is 13.0 Å². The van der Waals surface area contributed by atoms with Gasteiger partial charge in [-0.1, -0.05) is 17.7 Å². The Balaban J connectivity index is 0.00000176. The van der Waals surface area contributed by atoms with E-state index in [1.165, 1.54) is 9.75 Å². The Kier molecular flexibility index (Phi) is 5.69. The van der Waals surface area contributed by atoms with Crippen LogP contribution in [0.15, 0.2) is 23.6 Å². The highest BCUT2D eigenvalue weighted by atomic mass is 35.5. The van der Waals surface area contributed by atoms with E-state index in [2.05, 4.69) is 34.7 Å². The van der Waals surface area contributed by atoms with Crippen molar-refractivity contribution in [3.05, 3.63) is 44.1 Å². The Morgan fingerprint density at radius 3 is 2.86 bits per heavy atom. The van der Waals surface area contributed by atoms with Gasteiger partial charge >= 0.3 is 0 Å². The van der Waals surface area contributed by atoms with E-state index in [0.29, 0.717) is 5.15 Å². The third kappa shape index (κ3) is 3.39. The van der Waals surface area contributed by atoms with Gasteiger partial charge in [0.25, 0.3) is 0 Å². The van der Waals surface area contributed by atoms with Crippen molar-refractivity contribution < 1.29 is 0 Å². The molecule has 0 amide bonds. The lowest BCUT2D eigenvalue weighted by atomic mass is 10.1. The van der Waals surface area contributed by atoms with E-state index in [0.717, 1.165) is 28.0 Å². The Morgan fingerprint density at radius 2 is 2.23 bits per heavy atom. The van der Waals surface area contributed by atoms with Crippen molar-refractivity contribution in [2.75, 3.05) is 5.32 Å². The molecule has 0 aliphatic carbocycles. The van der Waals surface area contributed by atoms with Crippen molar-refractivity contribution in [1.82, 2.24) is 4.98 Å². The molecule has 0 bridgehead atoms. The van der Waals surface area contributed by atoms with Crippen LogP contribution in [0.2, 0.25) is 5.15 Å². The second-order valence-electron chi connectivity index (χ2n) is 4.98. The Hall–Kier alpha value is -0.850. The number of thiophene rings is 2. The molecule has 0 unspecified atom stereocenters. The molecule has 0 spiro atoms. The lowest BCUT2D eigenvalue weighted by molar-refractivity contribution is 0.832. The minimum atomic E-state index is 0. The number of fused-ring (bicyclic) bond motifs is 1. The largest absolute Gasteiger partial charge is 0.379 e. The summed E-state index contributed by atoms with van der Waals surface area (Å²) < 4.78 is 1.13. The number of aromatic nitrogens is 1. The Bertz CT molecular complexity index is 767. The van der Waals surface area contributed by atoms with Gasteiger partial charge in [0, 0.05) is 28.4 Å². The quantitative estimate of drug-likeness (QED) is 0.604. The first kappa shape index (κ1) is 17.5. The molecule has 22 heavy (non-hydrogen) atoms. The molecule has 3 aromatic rings. The van der Waals surface area contributed by atoms with E-state index in [1.54, 1.807) is 22.7 Å². The summed E-state index contributed by atoms with van der Waals surface area (Å²) >= 11 is 9.61. The molecule has 0 fully saturated rings. The lowest BCUT2D eigenvalue weighted by Gasteiger charge is -2.06. The maximum absolute atomic E-state index is 6.17. The molecule has 0 aliphatic rings. The van der Waals surface area contributed by atoms with E-state index < -0.39 is 0 Å². The molecule has 0 aromatic carbocycles. The number of nitrogens with two attached hydrogens (primary N) is 1. The van der Waals surface area contributed by atoms with Gasteiger partial charge in [0.1, 0.15) is 5.15 Å². The van der Waals surface area contributed by atoms with Gasteiger partial charge in [-0.25, -0.2) is 4.98 Å². The molecule has 118 valence electrons. The number of halogens is 2. The number of anilines is 1. The highest BCUT2D eigenvalue weighted by Gasteiger charge is 2.16. The number of hydrogen-bond donors (Lipinski definition) is 2. The molecule has 3 rings (SSSR count). The summed E-state index contributed by atoms with van der Waals surface area (Å²) in [7, 11) is 0. The van der Waals surface area contributed by atoms with Crippen LogP contribution in [0.25, 0.3) is 10.2 Å². The molecule has 3 nitrogen and oxygen atoms in total. The fourth-order valence-electron chi connectivity index (χ4n) is 2.32. The van der Waals surface area contributed by atoms with Crippen molar-refractivity contribution in [3.8, 4) is 0 Å². The average molecular weight is 374 g/mol. The maximum atomic E-state index is 6.17. The van der Waals surface area contributed by atoms with Crippen molar-refractivity contribution >= 4 is 62.6 Å². The first-order chi connectivity index (χ1) is 10.1. The molecule has 0 radical (unpaired) electrons. The van der Waals surface area contributed by atoms with Crippen LogP contribution in [0.4, 0.5) is 5.69 Å². The topological polar surface area (TPSA) is 50.9 Å². The zero-order chi connectivity index (χ0) is 15.0.